The Bertz CT molecular complexity index is 1600. The van der Waals surface area contributed by atoms with Gasteiger partial charge in [0.2, 0.25) is 0 Å². The molecule has 194 valence electrons. The summed E-state index contributed by atoms with van der Waals surface area (Å²) >= 11 is 0. The lowest BCUT2D eigenvalue weighted by Crippen LogP contribution is -2.40. The zero-order valence-corrected chi connectivity index (χ0v) is 23.9. The summed E-state index contributed by atoms with van der Waals surface area (Å²) in [5, 5.41) is 0.163. The average molecular weight is 523 g/mol. The summed E-state index contributed by atoms with van der Waals surface area (Å²) in [6.45, 7) is 13.9. The largest absolute Gasteiger partial charge is 0.413 e. The van der Waals surface area contributed by atoms with Crippen LogP contribution in [0.5, 0.6) is 0 Å². The Kier molecular flexibility index (Phi) is 6.62. The highest BCUT2D eigenvalue weighted by atomic mass is 28.4. The maximum absolute atomic E-state index is 6.44. The predicted molar refractivity (Wildman–Crippen MR) is 156 cm³/mol. The van der Waals surface area contributed by atoms with Crippen LogP contribution in [0.3, 0.4) is 0 Å². The Morgan fingerprint density at radius 3 is 2.29 bits per heavy atom. The molecule has 0 saturated heterocycles. The third kappa shape index (κ3) is 4.97. The molecule has 0 spiro atoms. The number of imidazole rings is 1. The fourth-order valence-corrected chi connectivity index (χ4v) is 5.00. The number of hydrogen-bond donors (Lipinski definition) is 1. The van der Waals surface area contributed by atoms with Gasteiger partial charge in [-0.25, -0.2) is 15.0 Å². The van der Waals surface area contributed by atoms with Crippen molar-refractivity contribution in [1.29, 1.82) is 0 Å². The molecule has 7 nitrogen and oxygen atoms in total. The molecule has 1 aromatic carbocycles. The fourth-order valence-electron chi connectivity index (χ4n) is 4.04. The van der Waals surface area contributed by atoms with Gasteiger partial charge in [-0.15, -0.1) is 0 Å². The smallest absolute Gasteiger partial charge is 0.192 e. The van der Waals surface area contributed by atoms with E-state index in [0.29, 0.717) is 18.2 Å². The van der Waals surface area contributed by atoms with E-state index in [1.54, 1.807) is 6.20 Å². The summed E-state index contributed by atoms with van der Waals surface area (Å²) in [5.74, 6) is 1.11. The third-order valence-electron chi connectivity index (χ3n) is 7.34. The Balaban J connectivity index is 1.60. The molecule has 0 radical (unpaired) electrons. The second kappa shape index (κ2) is 9.77. The van der Waals surface area contributed by atoms with E-state index in [-0.39, 0.29) is 5.04 Å². The van der Waals surface area contributed by atoms with E-state index in [1.165, 1.54) is 0 Å². The number of nitrogens with zero attached hydrogens (tertiary/aromatic N) is 5. The molecule has 4 heterocycles. The van der Waals surface area contributed by atoms with Crippen LogP contribution in [0.1, 0.15) is 32.0 Å². The van der Waals surface area contributed by atoms with Gasteiger partial charge >= 0.3 is 0 Å². The number of pyridine rings is 3. The highest BCUT2D eigenvalue weighted by Gasteiger charge is 2.37. The highest BCUT2D eigenvalue weighted by Crippen LogP contribution is 2.37. The third-order valence-corrected chi connectivity index (χ3v) is 11.8. The maximum atomic E-state index is 6.44. The van der Waals surface area contributed by atoms with Crippen LogP contribution in [0, 0.1) is 6.92 Å². The second-order valence-electron chi connectivity index (χ2n) is 11.1. The van der Waals surface area contributed by atoms with Crippen molar-refractivity contribution < 1.29 is 4.43 Å². The first kappa shape index (κ1) is 25.8. The van der Waals surface area contributed by atoms with Gasteiger partial charge in [-0.2, -0.15) is 0 Å². The van der Waals surface area contributed by atoms with Gasteiger partial charge < -0.3 is 10.2 Å². The number of anilines is 1. The second-order valence-corrected chi connectivity index (χ2v) is 15.9. The summed E-state index contributed by atoms with van der Waals surface area (Å²) < 4.78 is 8.48. The molecule has 0 unspecified atom stereocenters. The maximum Gasteiger partial charge on any atom is 0.192 e. The zero-order chi connectivity index (χ0) is 27.1. The molecule has 0 amide bonds. The van der Waals surface area contributed by atoms with Crippen molar-refractivity contribution in [2.75, 3.05) is 5.73 Å². The van der Waals surface area contributed by atoms with Crippen LogP contribution in [0.15, 0.2) is 72.9 Å². The summed E-state index contributed by atoms with van der Waals surface area (Å²) in [4.78, 5) is 18.9. The van der Waals surface area contributed by atoms with Gasteiger partial charge in [0.25, 0.3) is 0 Å². The van der Waals surface area contributed by atoms with Crippen LogP contribution in [-0.4, -0.2) is 32.8 Å². The lowest BCUT2D eigenvalue weighted by molar-refractivity contribution is 0.276. The van der Waals surface area contributed by atoms with Crippen LogP contribution in [-0.2, 0) is 11.0 Å². The van der Waals surface area contributed by atoms with E-state index in [1.807, 2.05) is 54.0 Å². The molecule has 0 atom stereocenters. The number of aromatic nitrogens is 5. The molecular weight excluding hydrogens is 488 g/mol. The molecule has 0 bridgehead atoms. The SMILES string of the molecule is Cc1cccc(-c2ccc3nc(-c4cccnc4N)n(-c4ccc(CO[Si](C)(C)C(C)(C)C)cc4)c3n2)n1. The summed E-state index contributed by atoms with van der Waals surface area (Å²) in [6, 6.07) is 22.1. The number of nitrogen functional groups attached to an aromatic ring is 1. The molecule has 2 N–H and O–H groups in total. The minimum Gasteiger partial charge on any atom is -0.413 e. The van der Waals surface area contributed by atoms with Crippen LogP contribution in [0.25, 0.3) is 39.6 Å². The number of hydrogen-bond acceptors (Lipinski definition) is 6. The lowest BCUT2D eigenvalue weighted by Gasteiger charge is -2.36. The van der Waals surface area contributed by atoms with Crippen LogP contribution in [0.2, 0.25) is 18.1 Å². The van der Waals surface area contributed by atoms with Gasteiger partial charge in [0, 0.05) is 17.6 Å². The molecule has 38 heavy (non-hydrogen) atoms. The number of aryl methyl sites for hydroxylation is 1. The highest BCUT2D eigenvalue weighted by molar-refractivity contribution is 6.74. The van der Waals surface area contributed by atoms with E-state index in [4.69, 9.17) is 20.1 Å². The number of fused-ring (bicyclic) bond motifs is 1. The summed E-state index contributed by atoms with van der Waals surface area (Å²) in [5.41, 5.74) is 13.2. The Morgan fingerprint density at radius 2 is 1.61 bits per heavy atom. The van der Waals surface area contributed by atoms with E-state index >= 15 is 0 Å². The van der Waals surface area contributed by atoms with Crippen LogP contribution < -0.4 is 5.73 Å². The minimum atomic E-state index is -1.84. The summed E-state index contributed by atoms with van der Waals surface area (Å²) in [6.07, 6.45) is 1.68. The van der Waals surface area contributed by atoms with Gasteiger partial charge in [0.05, 0.1) is 23.6 Å². The van der Waals surface area contributed by atoms with Gasteiger partial charge in [0.15, 0.2) is 19.8 Å². The monoisotopic (exact) mass is 522 g/mol. The van der Waals surface area contributed by atoms with Crippen LogP contribution >= 0.6 is 0 Å². The molecule has 0 aliphatic carbocycles. The van der Waals surface area contributed by atoms with Gasteiger partial charge in [0.1, 0.15) is 11.3 Å². The molecule has 0 saturated carbocycles. The minimum absolute atomic E-state index is 0.163. The van der Waals surface area contributed by atoms with Crippen molar-refractivity contribution in [2.24, 2.45) is 0 Å². The van der Waals surface area contributed by atoms with E-state index in [0.717, 1.165) is 45.1 Å². The van der Waals surface area contributed by atoms with Gasteiger partial charge in [-0.1, -0.05) is 39.0 Å². The first-order valence-corrected chi connectivity index (χ1v) is 15.7. The van der Waals surface area contributed by atoms with E-state index in [2.05, 4.69) is 68.1 Å². The van der Waals surface area contributed by atoms with Crippen molar-refractivity contribution >= 4 is 25.3 Å². The number of nitrogens with two attached hydrogens (primary N) is 1. The van der Waals surface area contributed by atoms with Gasteiger partial charge in [-0.05, 0) is 79.2 Å². The first-order valence-electron chi connectivity index (χ1n) is 12.8. The molecule has 4 aromatic heterocycles. The molecule has 0 aliphatic heterocycles. The van der Waals surface area contributed by atoms with Crippen molar-refractivity contribution in [3.8, 4) is 28.5 Å². The molecule has 5 rings (SSSR count). The fraction of sp³-hybridized carbons (Fsp3) is 0.267. The quantitative estimate of drug-likeness (QED) is 0.242. The normalized spacial score (nSPS) is 12.3. The Hall–Kier alpha value is -3.88. The van der Waals surface area contributed by atoms with Crippen molar-refractivity contribution in [3.05, 3.63) is 84.2 Å². The average Bonchev–Trinajstić information content (AvgIpc) is 3.26. The number of rotatable bonds is 6. The van der Waals surface area contributed by atoms with Crippen LogP contribution in [0.4, 0.5) is 5.82 Å². The molecule has 5 aromatic rings. The van der Waals surface area contributed by atoms with E-state index in [9.17, 15) is 0 Å². The first-order chi connectivity index (χ1) is 18.0. The Morgan fingerprint density at radius 1 is 0.868 bits per heavy atom. The van der Waals surface area contributed by atoms with Gasteiger partial charge in [-0.3, -0.25) is 9.55 Å². The number of benzene rings is 1. The Labute approximate surface area is 224 Å². The van der Waals surface area contributed by atoms with E-state index < -0.39 is 8.32 Å². The molecular formula is C30H34N6OSi. The summed E-state index contributed by atoms with van der Waals surface area (Å²) in [7, 11) is -1.84. The standard InChI is InChI=1S/C30H34N6OSi/c1-20-9-7-11-24(33-20)25-16-17-26-29(34-25)36(28(35-26)23-10-8-18-32-27(23)31)22-14-12-21(13-15-22)19-37-38(5,6)30(2,3)4/h7-18H,19H2,1-6H3,(H2,31,32). The van der Waals surface area contributed by atoms with Crippen molar-refractivity contribution in [2.45, 2.75) is 52.4 Å². The molecule has 0 aliphatic rings. The predicted octanol–water partition coefficient (Wildman–Crippen LogP) is 6.96. The molecule has 0 fully saturated rings. The zero-order valence-electron chi connectivity index (χ0n) is 22.9. The lowest BCUT2D eigenvalue weighted by atomic mass is 10.2. The topological polar surface area (TPSA) is 91.7 Å². The molecule has 8 heteroatoms. The van der Waals surface area contributed by atoms with Crippen molar-refractivity contribution in [3.63, 3.8) is 0 Å². The van der Waals surface area contributed by atoms with Crippen molar-refractivity contribution in [1.82, 2.24) is 24.5 Å².